The number of hydrogen-bond donors (Lipinski definition) is 0. The van der Waals surface area contributed by atoms with Crippen molar-refractivity contribution in [3.8, 4) is 29.3 Å². The largest absolute Gasteiger partial charge is 0.205 e. The van der Waals surface area contributed by atoms with Gasteiger partial charge >= 0.3 is 0 Å². The van der Waals surface area contributed by atoms with E-state index in [1.54, 1.807) is 57.5 Å². The summed E-state index contributed by atoms with van der Waals surface area (Å²) in [6.45, 7) is 0. The Morgan fingerprint density at radius 1 is 0.341 bits per heavy atom. The second-order valence-corrected chi connectivity index (χ2v) is 17.1. The van der Waals surface area contributed by atoms with Crippen molar-refractivity contribution in [2.24, 2.45) is 0 Å². The van der Waals surface area contributed by atoms with E-state index < -0.39 is 0 Å². The van der Waals surface area contributed by atoms with Crippen LogP contribution in [-0.4, -0.2) is 0 Å². The van der Waals surface area contributed by atoms with Gasteiger partial charge in [-0.15, -0.1) is 68.0 Å². The zero-order valence-electron chi connectivity index (χ0n) is 22.4. The van der Waals surface area contributed by atoms with E-state index in [0.717, 1.165) is 39.7 Å². The molecule has 10 aromatic rings. The standard InChI is InChI=1S/C36H16F2S6/c37-25-15-31(43-35(25)33-13-23-7-21-9-27-17(1-3-39-27)5-19(21)11-29(23)41-33)32-16-26(38)36(44-32)34-14-24-8-22-10-28-18(2-4-40-28)6-20(22)12-30(24)42-34/h1-16H. The molecule has 0 aliphatic heterocycles. The van der Waals surface area contributed by atoms with Crippen LogP contribution in [0.25, 0.3) is 91.2 Å². The van der Waals surface area contributed by atoms with E-state index >= 15 is 8.78 Å². The summed E-state index contributed by atoms with van der Waals surface area (Å²) in [7, 11) is 0. The predicted octanol–water partition coefficient (Wildman–Crippen LogP) is 14.3. The molecule has 0 fully saturated rings. The number of rotatable bonds is 3. The van der Waals surface area contributed by atoms with Crippen LogP contribution in [0.1, 0.15) is 0 Å². The summed E-state index contributed by atoms with van der Waals surface area (Å²) in [6.07, 6.45) is 0. The van der Waals surface area contributed by atoms with Gasteiger partial charge in [-0.25, -0.2) is 8.78 Å². The van der Waals surface area contributed by atoms with Gasteiger partial charge in [0.2, 0.25) is 0 Å². The normalized spacial score (nSPS) is 12.3. The lowest BCUT2D eigenvalue weighted by atomic mass is 10.1. The van der Waals surface area contributed by atoms with Crippen molar-refractivity contribution in [3.05, 3.63) is 107 Å². The van der Waals surface area contributed by atoms with Crippen molar-refractivity contribution >= 4 is 130 Å². The SMILES string of the molecule is Fc1cc(-c2cc(F)c(-c3cc4cc5cc6sccc6cc5cc4s3)s2)sc1-c1cc2cc3cc4sccc4cc3cc2s1. The fourth-order valence-corrected chi connectivity index (χ4v) is 12.2. The molecule has 8 heteroatoms. The smallest absolute Gasteiger partial charge is 0.143 e. The number of halogens is 2. The molecule has 6 heterocycles. The first-order chi connectivity index (χ1) is 21.5. The molecule has 0 nitrogen and oxygen atoms in total. The monoisotopic (exact) mass is 678 g/mol. The number of benzene rings is 4. The predicted molar refractivity (Wildman–Crippen MR) is 195 cm³/mol. The molecule has 6 aromatic heterocycles. The second kappa shape index (κ2) is 9.50. The molecule has 0 aliphatic carbocycles. The zero-order valence-corrected chi connectivity index (χ0v) is 27.3. The molecule has 0 amide bonds. The quantitative estimate of drug-likeness (QED) is 0.174. The first-order valence-corrected chi connectivity index (χ1v) is 18.8. The maximum absolute atomic E-state index is 15.5. The fourth-order valence-electron chi connectivity index (χ4n) is 6.03. The highest BCUT2D eigenvalue weighted by Gasteiger charge is 2.20. The molecule has 0 saturated carbocycles. The average molecular weight is 679 g/mol. The lowest BCUT2D eigenvalue weighted by molar-refractivity contribution is 0.635. The molecule has 10 rings (SSSR count). The molecule has 0 radical (unpaired) electrons. The molecule has 0 saturated heterocycles. The van der Waals surface area contributed by atoms with Gasteiger partial charge < -0.3 is 0 Å². The van der Waals surface area contributed by atoms with Gasteiger partial charge in [0.15, 0.2) is 0 Å². The molecular formula is C36H16F2S6. The van der Waals surface area contributed by atoms with Crippen LogP contribution >= 0.6 is 68.0 Å². The Balaban J connectivity index is 1.02. The number of thiophene rings is 6. The van der Waals surface area contributed by atoms with E-state index in [-0.39, 0.29) is 11.6 Å². The van der Waals surface area contributed by atoms with Gasteiger partial charge in [0.25, 0.3) is 0 Å². The Labute approximate surface area is 273 Å². The van der Waals surface area contributed by atoms with Gasteiger partial charge in [0.1, 0.15) is 11.6 Å². The Bertz CT molecular complexity index is 2430. The van der Waals surface area contributed by atoms with E-state index in [2.05, 4.69) is 83.6 Å². The number of hydrogen-bond acceptors (Lipinski definition) is 6. The maximum Gasteiger partial charge on any atom is 0.143 e. The van der Waals surface area contributed by atoms with E-state index in [1.165, 1.54) is 64.4 Å². The molecule has 4 aromatic carbocycles. The highest BCUT2D eigenvalue weighted by Crippen LogP contribution is 2.48. The van der Waals surface area contributed by atoms with Crippen LogP contribution in [0, 0.1) is 11.6 Å². The molecule has 44 heavy (non-hydrogen) atoms. The second-order valence-electron chi connectivity index (χ2n) is 10.9. The number of fused-ring (bicyclic) bond motifs is 6. The summed E-state index contributed by atoms with van der Waals surface area (Å²) in [4.78, 5) is 4.52. The minimum atomic E-state index is -0.259. The molecule has 0 spiro atoms. The van der Waals surface area contributed by atoms with E-state index in [9.17, 15) is 0 Å². The van der Waals surface area contributed by atoms with Crippen molar-refractivity contribution in [2.45, 2.75) is 0 Å². The van der Waals surface area contributed by atoms with Crippen LogP contribution in [0.4, 0.5) is 8.78 Å². The van der Waals surface area contributed by atoms with Gasteiger partial charge in [-0.3, -0.25) is 0 Å². The van der Waals surface area contributed by atoms with Gasteiger partial charge in [-0.05, 0) is 139 Å². The third-order valence-corrected chi connectivity index (χ3v) is 14.9. The Hall–Kier alpha value is -3.50. The van der Waals surface area contributed by atoms with Crippen molar-refractivity contribution in [2.75, 3.05) is 0 Å². The molecule has 0 N–H and O–H groups in total. The zero-order chi connectivity index (χ0) is 29.1. The third kappa shape index (κ3) is 3.99. The van der Waals surface area contributed by atoms with Crippen LogP contribution in [-0.2, 0) is 0 Å². The van der Waals surface area contributed by atoms with Gasteiger partial charge in [0, 0.05) is 38.3 Å². The first-order valence-electron chi connectivity index (χ1n) is 13.8. The molecule has 0 unspecified atom stereocenters. The highest BCUT2D eigenvalue weighted by atomic mass is 32.1. The minimum Gasteiger partial charge on any atom is -0.205 e. The van der Waals surface area contributed by atoms with Crippen molar-refractivity contribution < 1.29 is 8.78 Å². The summed E-state index contributed by atoms with van der Waals surface area (Å²) in [5.74, 6) is -0.518. The summed E-state index contributed by atoms with van der Waals surface area (Å²) in [5, 5.41) is 13.7. The van der Waals surface area contributed by atoms with E-state index in [0.29, 0.717) is 9.75 Å². The maximum atomic E-state index is 15.5. The van der Waals surface area contributed by atoms with Crippen LogP contribution in [0.15, 0.2) is 95.7 Å². The van der Waals surface area contributed by atoms with Crippen LogP contribution in [0.3, 0.4) is 0 Å². The Morgan fingerprint density at radius 2 is 0.750 bits per heavy atom. The summed E-state index contributed by atoms with van der Waals surface area (Å²) in [5.41, 5.74) is 0. The molecule has 210 valence electrons. The minimum absolute atomic E-state index is 0.259. The van der Waals surface area contributed by atoms with Gasteiger partial charge in [-0.2, -0.15) is 0 Å². The molecule has 0 atom stereocenters. The van der Waals surface area contributed by atoms with E-state index in [1.807, 2.05) is 0 Å². The lowest BCUT2D eigenvalue weighted by Crippen LogP contribution is -1.72. The molecule has 0 aliphatic rings. The Kier molecular flexibility index (Phi) is 5.57. The highest BCUT2D eigenvalue weighted by molar-refractivity contribution is 7.30. The summed E-state index contributed by atoms with van der Waals surface area (Å²) < 4.78 is 35.7. The average Bonchev–Trinajstić information content (AvgIpc) is 3.84. The van der Waals surface area contributed by atoms with Crippen molar-refractivity contribution in [3.63, 3.8) is 0 Å². The summed E-state index contributed by atoms with van der Waals surface area (Å²) in [6, 6.07) is 29.3. The van der Waals surface area contributed by atoms with E-state index in [4.69, 9.17) is 0 Å². The van der Waals surface area contributed by atoms with Gasteiger partial charge in [0.05, 0.1) is 9.75 Å². The van der Waals surface area contributed by atoms with Crippen LogP contribution in [0.5, 0.6) is 0 Å². The lowest BCUT2D eigenvalue weighted by Gasteiger charge is -1.99. The Morgan fingerprint density at radius 3 is 1.20 bits per heavy atom. The third-order valence-electron chi connectivity index (χ3n) is 8.16. The van der Waals surface area contributed by atoms with Crippen LogP contribution in [0.2, 0.25) is 0 Å². The van der Waals surface area contributed by atoms with Crippen LogP contribution < -0.4 is 0 Å². The van der Waals surface area contributed by atoms with Gasteiger partial charge in [-0.1, -0.05) is 0 Å². The summed E-state index contributed by atoms with van der Waals surface area (Å²) >= 11 is 9.51. The van der Waals surface area contributed by atoms with Crippen molar-refractivity contribution in [1.29, 1.82) is 0 Å². The fraction of sp³-hybridized carbons (Fsp3) is 0. The molecular weight excluding hydrogens is 663 g/mol. The first kappa shape index (κ1) is 25.8. The molecule has 0 bridgehead atoms. The topological polar surface area (TPSA) is 0 Å². The van der Waals surface area contributed by atoms with Crippen molar-refractivity contribution in [1.82, 2.24) is 0 Å².